The van der Waals surface area contributed by atoms with E-state index in [1.54, 1.807) is 24.3 Å². The number of imide groups is 1. The molecule has 1 N–H and O–H groups in total. The summed E-state index contributed by atoms with van der Waals surface area (Å²) in [6, 6.07) is 6.73. The number of nitrogens with zero attached hydrogens (tertiary/aromatic N) is 1. The smallest absolute Gasteiger partial charge is 0.304 e. The van der Waals surface area contributed by atoms with E-state index in [1.807, 2.05) is 0 Å². The van der Waals surface area contributed by atoms with E-state index in [1.165, 1.54) is 14.2 Å². The van der Waals surface area contributed by atoms with Gasteiger partial charge >= 0.3 is 5.97 Å². The highest BCUT2D eigenvalue weighted by atomic mass is 16.5. The van der Waals surface area contributed by atoms with Crippen molar-refractivity contribution in [1.82, 2.24) is 4.90 Å². The van der Waals surface area contributed by atoms with Crippen LogP contribution in [0, 0.1) is 0 Å². The Balaban J connectivity index is 2.44. The number of hydrogen-bond donors (Lipinski definition) is 1. The first-order valence-electron chi connectivity index (χ1n) is 7.65. The molecule has 0 radical (unpaired) electrons. The van der Waals surface area contributed by atoms with Crippen LogP contribution in [0.15, 0.2) is 24.3 Å². The van der Waals surface area contributed by atoms with Crippen LogP contribution in [-0.2, 0) is 24.5 Å². The largest absolute Gasteiger partial charge is 0.496 e. The predicted molar refractivity (Wildman–Crippen MR) is 84.8 cm³/mol. The summed E-state index contributed by atoms with van der Waals surface area (Å²) in [5.74, 6) is -1.60. The first-order chi connectivity index (χ1) is 11.5. The Morgan fingerprint density at radius 1 is 1.29 bits per heavy atom. The van der Waals surface area contributed by atoms with Crippen molar-refractivity contribution in [3.05, 3.63) is 29.8 Å². The normalized spacial score (nSPS) is 20.5. The number of methoxy groups -OCH3 is 2. The van der Waals surface area contributed by atoms with Gasteiger partial charge in [0.1, 0.15) is 5.75 Å². The molecule has 0 aromatic heterocycles. The Hall–Kier alpha value is -2.41. The standard InChI is InChI=1S/C17H21NO6/c1-23-9-5-8-18-14(19)10-17(16(18)22,11-15(20)21)12-6-3-4-7-13(12)24-2/h3-4,6-7H,5,8-11H2,1-2H3,(H,20,21)/t17-/m1/s1. The lowest BCUT2D eigenvalue weighted by Crippen LogP contribution is -2.40. The molecule has 1 aromatic carbocycles. The zero-order chi connectivity index (χ0) is 17.7. The fourth-order valence-corrected chi connectivity index (χ4v) is 3.14. The third-order valence-corrected chi connectivity index (χ3v) is 4.21. The summed E-state index contributed by atoms with van der Waals surface area (Å²) < 4.78 is 10.2. The molecule has 1 saturated heterocycles. The molecule has 2 rings (SSSR count). The van der Waals surface area contributed by atoms with E-state index in [0.29, 0.717) is 24.3 Å². The van der Waals surface area contributed by atoms with Crippen molar-refractivity contribution >= 4 is 17.8 Å². The zero-order valence-electron chi connectivity index (χ0n) is 13.8. The van der Waals surface area contributed by atoms with Crippen LogP contribution in [0.4, 0.5) is 0 Å². The third kappa shape index (κ3) is 3.26. The highest BCUT2D eigenvalue weighted by Crippen LogP contribution is 2.43. The van der Waals surface area contributed by atoms with Gasteiger partial charge in [-0.25, -0.2) is 0 Å². The minimum absolute atomic E-state index is 0.175. The maximum absolute atomic E-state index is 13.0. The second-order valence-corrected chi connectivity index (χ2v) is 5.73. The van der Waals surface area contributed by atoms with Gasteiger partial charge in [0, 0.05) is 32.2 Å². The first kappa shape index (κ1) is 17.9. The van der Waals surface area contributed by atoms with Crippen molar-refractivity contribution in [3.8, 4) is 5.75 Å². The molecule has 7 heteroatoms. The molecule has 1 heterocycles. The highest BCUT2D eigenvalue weighted by molar-refractivity contribution is 6.10. The number of aliphatic carboxylic acids is 1. The summed E-state index contributed by atoms with van der Waals surface area (Å²) in [6.07, 6.45) is -0.132. The topological polar surface area (TPSA) is 93.1 Å². The molecule has 1 atom stereocenters. The average Bonchev–Trinajstić information content (AvgIpc) is 2.79. The second kappa shape index (κ2) is 7.44. The fraction of sp³-hybridized carbons (Fsp3) is 0.471. The molecule has 0 aliphatic carbocycles. The molecular weight excluding hydrogens is 314 g/mol. The molecule has 0 unspecified atom stereocenters. The molecule has 0 spiro atoms. The van der Waals surface area contributed by atoms with Gasteiger partial charge in [0.25, 0.3) is 0 Å². The van der Waals surface area contributed by atoms with E-state index in [9.17, 15) is 19.5 Å². The van der Waals surface area contributed by atoms with Gasteiger partial charge in [-0.2, -0.15) is 0 Å². The van der Waals surface area contributed by atoms with Gasteiger partial charge in [0.2, 0.25) is 11.8 Å². The summed E-state index contributed by atoms with van der Waals surface area (Å²) in [6.45, 7) is 0.625. The molecule has 130 valence electrons. The Labute approximate surface area is 140 Å². The second-order valence-electron chi connectivity index (χ2n) is 5.73. The van der Waals surface area contributed by atoms with Crippen molar-refractivity contribution in [2.45, 2.75) is 24.7 Å². The number of amides is 2. The van der Waals surface area contributed by atoms with E-state index < -0.39 is 23.7 Å². The number of hydrogen-bond acceptors (Lipinski definition) is 5. The van der Waals surface area contributed by atoms with Gasteiger partial charge < -0.3 is 14.6 Å². The lowest BCUT2D eigenvalue weighted by Gasteiger charge is -2.27. The van der Waals surface area contributed by atoms with Crippen molar-refractivity contribution < 1.29 is 29.0 Å². The molecule has 1 aliphatic rings. The summed E-state index contributed by atoms with van der Waals surface area (Å²) in [5.41, 5.74) is -0.995. The van der Waals surface area contributed by atoms with Crippen LogP contribution < -0.4 is 4.74 Å². The molecule has 0 bridgehead atoms. The molecule has 1 aliphatic heterocycles. The number of benzene rings is 1. The summed E-state index contributed by atoms with van der Waals surface area (Å²) >= 11 is 0. The number of para-hydroxylation sites is 1. The molecule has 24 heavy (non-hydrogen) atoms. The quantitative estimate of drug-likeness (QED) is 0.567. The zero-order valence-corrected chi connectivity index (χ0v) is 13.8. The van der Waals surface area contributed by atoms with Gasteiger partial charge in [-0.1, -0.05) is 18.2 Å². The lowest BCUT2D eigenvalue weighted by atomic mass is 9.75. The number of ether oxygens (including phenoxy) is 2. The van der Waals surface area contributed by atoms with Gasteiger partial charge in [-0.05, 0) is 12.5 Å². The Bertz CT molecular complexity index is 644. The third-order valence-electron chi connectivity index (χ3n) is 4.21. The van der Waals surface area contributed by atoms with Crippen LogP contribution in [0.3, 0.4) is 0 Å². The summed E-state index contributed by atoms with van der Waals surface area (Å²) in [4.78, 5) is 37.9. The highest BCUT2D eigenvalue weighted by Gasteiger charge is 2.54. The molecule has 0 saturated carbocycles. The predicted octanol–water partition coefficient (Wildman–Crippen LogP) is 1.20. The Morgan fingerprint density at radius 2 is 2.00 bits per heavy atom. The van der Waals surface area contributed by atoms with Gasteiger partial charge in [-0.15, -0.1) is 0 Å². The van der Waals surface area contributed by atoms with Gasteiger partial charge in [0.05, 0.1) is 18.9 Å². The molecule has 7 nitrogen and oxygen atoms in total. The number of carbonyl (C=O) groups is 3. The van der Waals surface area contributed by atoms with Gasteiger partial charge in [-0.3, -0.25) is 19.3 Å². The fourth-order valence-electron chi connectivity index (χ4n) is 3.14. The number of carbonyl (C=O) groups excluding carboxylic acids is 2. The minimum atomic E-state index is -1.43. The average molecular weight is 335 g/mol. The van der Waals surface area contributed by atoms with Crippen molar-refractivity contribution in [2.24, 2.45) is 0 Å². The molecule has 2 amide bonds. The van der Waals surface area contributed by atoms with Crippen LogP contribution in [0.2, 0.25) is 0 Å². The molecule has 1 fully saturated rings. The first-order valence-corrected chi connectivity index (χ1v) is 7.65. The van der Waals surface area contributed by atoms with Gasteiger partial charge in [0.15, 0.2) is 0 Å². The van der Waals surface area contributed by atoms with Crippen LogP contribution in [0.1, 0.15) is 24.8 Å². The van der Waals surface area contributed by atoms with E-state index in [4.69, 9.17) is 9.47 Å². The number of likely N-dealkylation sites (tertiary alicyclic amines) is 1. The Morgan fingerprint density at radius 3 is 2.62 bits per heavy atom. The van der Waals surface area contributed by atoms with Crippen LogP contribution in [0.5, 0.6) is 5.75 Å². The van der Waals surface area contributed by atoms with Crippen LogP contribution >= 0.6 is 0 Å². The van der Waals surface area contributed by atoms with Crippen molar-refractivity contribution in [1.29, 1.82) is 0 Å². The maximum atomic E-state index is 13.0. The summed E-state index contributed by atoms with van der Waals surface area (Å²) in [5, 5.41) is 9.33. The molecule has 1 aromatic rings. The van der Waals surface area contributed by atoms with E-state index in [0.717, 1.165) is 4.90 Å². The van der Waals surface area contributed by atoms with E-state index >= 15 is 0 Å². The van der Waals surface area contributed by atoms with Crippen LogP contribution in [0.25, 0.3) is 0 Å². The van der Waals surface area contributed by atoms with E-state index in [2.05, 4.69) is 0 Å². The number of carboxylic acids is 1. The maximum Gasteiger partial charge on any atom is 0.304 e. The monoisotopic (exact) mass is 335 g/mol. The van der Waals surface area contributed by atoms with Crippen molar-refractivity contribution in [3.63, 3.8) is 0 Å². The van der Waals surface area contributed by atoms with E-state index in [-0.39, 0.29) is 18.9 Å². The minimum Gasteiger partial charge on any atom is -0.496 e. The molecular formula is C17H21NO6. The number of carboxylic acid groups (broad SMARTS) is 1. The van der Waals surface area contributed by atoms with Crippen molar-refractivity contribution in [2.75, 3.05) is 27.4 Å². The van der Waals surface area contributed by atoms with Crippen LogP contribution in [-0.4, -0.2) is 55.2 Å². The summed E-state index contributed by atoms with van der Waals surface area (Å²) in [7, 11) is 2.99. The SMILES string of the molecule is COCCCN1C(=O)C[C@@](CC(=O)O)(c2ccccc2OC)C1=O. The lowest BCUT2D eigenvalue weighted by molar-refractivity contribution is -0.145. The number of rotatable bonds is 8. The Kier molecular flexibility index (Phi) is 5.56.